The molecule has 0 radical (unpaired) electrons. The number of aromatic nitrogens is 3. The fourth-order valence-corrected chi connectivity index (χ4v) is 3.32. The largest absolute Gasteiger partial charge is 0.495 e. The van der Waals surface area contributed by atoms with Crippen LogP contribution in [0.5, 0.6) is 5.75 Å². The lowest BCUT2D eigenvalue weighted by Crippen LogP contribution is -2.10. The summed E-state index contributed by atoms with van der Waals surface area (Å²) in [5.41, 5.74) is 1.18. The van der Waals surface area contributed by atoms with Crippen LogP contribution in [0.25, 0.3) is 22.8 Å². The van der Waals surface area contributed by atoms with Gasteiger partial charge in [-0.1, -0.05) is 5.16 Å². The summed E-state index contributed by atoms with van der Waals surface area (Å²) >= 11 is 0. The number of anilines is 1. The topological polar surface area (TPSA) is 107 Å². The third-order valence-corrected chi connectivity index (χ3v) is 4.81. The molecule has 0 amide bonds. The molecule has 1 aromatic carbocycles. The third-order valence-electron chi connectivity index (χ3n) is 3.69. The van der Waals surface area contributed by atoms with E-state index in [0.717, 1.165) is 12.1 Å². The first-order chi connectivity index (χ1) is 12.8. The monoisotopic (exact) mass is 388 g/mol. The Morgan fingerprint density at radius 3 is 2.48 bits per heavy atom. The molecule has 0 aliphatic carbocycles. The van der Waals surface area contributed by atoms with Gasteiger partial charge in [0.1, 0.15) is 16.5 Å². The Balaban J connectivity index is 1.92. The van der Waals surface area contributed by atoms with Crippen LogP contribution in [0.2, 0.25) is 0 Å². The highest BCUT2D eigenvalue weighted by Crippen LogP contribution is 2.30. The van der Waals surface area contributed by atoms with Crippen molar-refractivity contribution < 1.29 is 17.7 Å². The molecule has 8 nitrogen and oxygen atoms in total. The fourth-order valence-electron chi connectivity index (χ4n) is 2.46. The Hall–Kier alpha value is -2.94. The second-order valence-corrected chi connectivity index (χ2v) is 8.28. The van der Waals surface area contributed by atoms with Crippen LogP contribution in [0.1, 0.15) is 13.8 Å². The zero-order valence-electron chi connectivity index (χ0n) is 15.4. The minimum Gasteiger partial charge on any atom is -0.495 e. The first-order valence-electron chi connectivity index (χ1n) is 8.23. The van der Waals surface area contributed by atoms with Crippen molar-refractivity contribution in [3.63, 3.8) is 0 Å². The van der Waals surface area contributed by atoms with E-state index in [0.29, 0.717) is 17.0 Å². The first kappa shape index (κ1) is 18.8. The maximum Gasteiger partial charge on any atom is 0.258 e. The van der Waals surface area contributed by atoms with Crippen LogP contribution in [-0.4, -0.2) is 42.9 Å². The number of hydrogen-bond acceptors (Lipinski definition) is 8. The Bertz CT molecular complexity index is 1040. The molecule has 1 N–H and O–H groups in total. The SMILES string of the molecule is COc1ccc(-c2nc(-c3ccc(NC(C)C)nc3)no2)cc1S(C)(=O)=O. The predicted molar refractivity (Wildman–Crippen MR) is 101 cm³/mol. The van der Waals surface area contributed by atoms with Crippen molar-refractivity contribution >= 4 is 15.7 Å². The molecule has 0 aliphatic heterocycles. The molecule has 3 rings (SSSR count). The summed E-state index contributed by atoms with van der Waals surface area (Å²) in [5, 5.41) is 7.16. The quantitative estimate of drug-likeness (QED) is 0.687. The highest BCUT2D eigenvalue weighted by molar-refractivity contribution is 7.90. The molecular formula is C18H20N4O4S. The minimum absolute atomic E-state index is 0.0630. The number of ether oxygens (including phenoxy) is 1. The van der Waals surface area contributed by atoms with Gasteiger partial charge in [0.15, 0.2) is 9.84 Å². The lowest BCUT2D eigenvalue weighted by molar-refractivity contribution is 0.402. The maximum atomic E-state index is 12.0. The van der Waals surface area contributed by atoms with E-state index in [1.807, 2.05) is 26.0 Å². The molecule has 0 bridgehead atoms. The van der Waals surface area contributed by atoms with E-state index in [9.17, 15) is 8.42 Å². The molecule has 2 heterocycles. The summed E-state index contributed by atoms with van der Waals surface area (Å²) in [5.74, 6) is 1.59. The lowest BCUT2D eigenvalue weighted by atomic mass is 10.2. The van der Waals surface area contributed by atoms with Gasteiger partial charge in [0, 0.05) is 29.6 Å². The maximum absolute atomic E-state index is 12.0. The highest BCUT2D eigenvalue weighted by atomic mass is 32.2. The van der Waals surface area contributed by atoms with E-state index < -0.39 is 9.84 Å². The van der Waals surface area contributed by atoms with Gasteiger partial charge in [0.05, 0.1) is 7.11 Å². The predicted octanol–water partition coefficient (Wildman–Crippen LogP) is 3.03. The average Bonchev–Trinajstić information content (AvgIpc) is 3.10. The van der Waals surface area contributed by atoms with Gasteiger partial charge < -0.3 is 14.6 Å². The molecule has 0 atom stereocenters. The number of methoxy groups -OCH3 is 1. The van der Waals surface area contributed by atoms with Gasteiger partial charge in [0.25, 0.3) is 5.89 Å². The molecular weight excluding hydrogens is 368 g/mol. The van der Waals surface area contributed by atoms with Crippen LogP contribution >= 0.6 is 0 Å². The van der Waals surface area contributed by atoms with Gasteiger partial charge in [-0.2, -0.15) is 4.98 Å². The van der Waals surface area contributed by atoms with E-state index in [2.05, 4.69) is 20.4 Å². The number of benzene rings is 1. The number of hydrogen-bond donors (Lipinski definition) is 1. The minimum atomic E-state index is -3.47. The third kappa shape index (κ3) is 4.25. The van der Waals surface area contributed by atoms with Crippen molar-refractivity contribution in [2.24, 2.45) is 0 Å². The van der Waals surface area contributed by atoms with Gasteiger partial charge >= 0.3 is 0 Å². The van der Waals surface area contributed by atoms with Crippen molar-refractivity contribution in [2.45, 2.75) is 24.8 Å². The second kappa shape index (κ2) is 7.36. The summed E-state index contributed by atoms with van der Waals surface area (Å²) < 4.78 is 34.4. The average molecular weight is 388 g/mol. The molecule has 27 heavy (non-hydrogen) atoms. The Kier molecular flexibility index (Phi) is 5.13. The molecule has 9 heteroatoms. The summed E-state index contributed by atoms with van der Waals surface area (Å²) in [6, 6.07) is 8.63. The molecule has 0 aliphatic rings. The summed E-state index contributed by atoms with van der Waals surface area (Å²) in [7, 11) is -2.05. The van der Waals surface area contributed by atoms with Crippen molar-refractivity contribution in [3.8, 4) is 28.6 Å². The van der Waals surface area contributed by atoms with Crippen LogP contribution < -0.4 is 10.1 Å². The van der Waals surface area contributed by atoms with Gasteiger partial charge in [0.2, 0.25) is 5.82 Å². The van der Waals surface area contributed by atoms with E-state index in [1.54, 1.807) is 18.3 Å². The number of sulfone groups is 1. The number of nitrogens with zero attached hydrogens (tertiary/aromatic N) is 3. The highest BCUT2D eigenvalue weighted by Gasteiger charge is 2.18. The molecule has 0 unspecified atom stereocenters. The number of nitrogens with one attached hydrogen (secondary N) is 1. The van der Waals surface area contributed by atoms with Crippen LogP contribution in [0.15, 0.2) is 45.9 Å². The van der Waals surface area contributed by atoms with Crippen LogP contribution in [-0.2, 0) is 9.84 Å². The second-order valence-electron chi connectivity index (χ2n) is 6.29. The Morgan fingerprint density at radius 1 is 1.15 bits per heavy atom. The molecule has 0 spiro atoms. The summed E-state index contributed by atoms with van der Waals surface area (Å²) in [4.78, 5) is 8.73. The molecule has 0 fully saturated rings. The van der Waals surface area contributed by atoms with Crippen molar-refractivity contribution in [3.05, 3.63) is 36.5 Å². The van der Waals surface area contributed by atoms with Gasteiger partial charge in [-0.25, -0.2) is 13.4 Å². The van der Waals surface area contributed by atoms with Crippen molar-refractivity contribution in [2.75, 3.05) is 18.7 Å². The molecule has 142 valence electrons. The first-order valence-corrected chi connectivity index (χ1v) is 10.1. The van der Waals surface area contributed by atoms with Crippen molar-refractivity contribution in [1.29, 1.82) is 0 Å². The Morgan fingerprint density at radius 2 is 1.89 bits per heavy atom. The Labute approximate surface area is 157 Å². The molecule has 2 aromatic heterocycles. The van der Waals surface area contributed by atoms with Crippen LogP contribution in [0.3, 0.4) is 0 Å². The lowest BCUT2D eigenvalue weighted by Gasteiger charge is -2.08. The van der Waals surface area contributed by atoms with E-state index in [-0.39, 0.29) is 22.6 Å². The summed E-state index contributed by atoms with van der Waals surface area (Å²) in [6.45, 7) is 4.06. The zero-order valence-corrected chi connectivity index (χ0v) is 16.2. The normalized spacial score (nSPS) is 11.6. The number of pyridine rings is 1. The molecule has 0 saturated heterocycles. The molecule has 3 aromatic rings. The van der Waals surface area contributed by atoms with Gasteiger partial charge in [-0.15, -0.1) is 0 Å². The fraction of sp³-hybridized carbons (Fsp3) is 0.278. The van der Waals surface area contributed by atoms with Crippen molar-refractivity contribution in [1.82, 2.24) is 15.1 Å². The van der Waals surface area contributed by atoms with Gasteiger partial charge in [-0.05, 0) is 44.2 Å². The van der Waals surface area contributed by atoms with E-state index in [4.69, 9.17) is 9.26 Å². The van der Waals surface area contributed by atoms with Gasteiger partial charge in [-0.3, -0.25) is 0 Å². The van der Waals surface area contributed by atoms with Crippen LogP contribution in [0, 0.1) is 0 Å². The van der Waals surface area contributed by atoms with E-state index >= 15 is 0 Å². The van der Waals surface area contributed by atoms with Crippen LogP contribution in [0.4, 0.5) is 5.82 Å². The number of rotatable bonds is 6. The zero-order chi connectivity index (χ0) is 19.6. The van der Waals surface area contributed by atoms with E-state index in [1.165, 1.54) is 13.2 Å². The standard InChI is InChI=1S/C18H20N4O4S/c1-11(2)20-16-8-6-13(10-19-16)17-21-18(26-22-17)12-5-7-14(25-3)15(9-12)27(4,23)24/h5-11H,1-4H3,(H,19,20). The smallest absolute Gasteiger partial charge is 0.258 e. The molecule has 0 saturated carbocycles. The summed E-state index contributed by atoms with van der Waals surface area (Å²) in [6.07, 6.45) is 2.77.